The molecule has 0 saturated carbocycles. The van der Waals surface area contributed by atoms with Crippen molar-refractivity contribution in [2.75, 3.05) is 10.6 Å². The Morgan fingerprint density at radius 2 is 1.19 bits per heavy atom. The zero-order chi connectivity index (χ0) is 19.7. The second-order valence-corrected chi connectivity index (χ2v) is 9.41. The molecule has 6 N–H and O–H groups in total. The molecule has 0 bridgehead atoms. The van der Waals surface area contributed by atoms with Crippen LogP contribution in [0.3, 0.4) is 0 Å². The van der Waals surface area contributed by atoms with Gasteiger partial charge < -0.3 is 10.6 Å². The maximum atomic E-state index is 11.3. The quantitative estimate of drug-likeness (QED) is 0.470. The second-order valence-electron chi connectivity index (χ2n) is 5.43. The molecule has 0 saturated heterocycles. The summed E-state index contributed by atoms with van der Waals surface area (Å²) in [4.78, 5) is 4.40. The molecule has 0 amide bonds. The zero-order valence-corrected chi connectivity index (χ0v) is 16.1. The van der Waals surface area contributed by atoms with Crippen LogP contribution in [0.1, 0.15) is 0 Å². The predicted molar refractivity (Wildman–Crippen MR) is 104 cm³/mol. The lowest BCUT2D eigenvalue weighted by Crippen LogP contribution is -2.11. The van der Waals surface area contributed by atoms with Gasteiger partial charge in [-0.05, 0) is 48.5 Å². The van der Waals surface area contributed by atoms with Crippen LogP contribution < -0.4 is 20.9 Å². The van der Waals surface area contributed by atoms with Gasteiger partial charge in [-0.15, -0.1) is 11.3 Å². The normalized spacial score (nSPS) is 11.9. The monoisotopic (exact) mass is 425 g/mol. The Balaban J connectivity index is 1.68. The number of nitrogens with two attached hydrogens (primary N) is 2. The van der Waals surface area contributed by atoms with Gasteiger partial charge in [0.15, 0.2) is 5.13 Å². The van der Waals surface area contributed by atoms with Crippen molar-refractivity contribution in [3.63, 3.8) is 0 Å². The summed E-state index contributed by atoms with van der Waals surface area (Å²) in [6, 6.07) is 11.9. The predicted octanol–water partition coefficient (Wildman–Crippen LogP) is 1.93. The molecule has 9 nitrogen and oxygen atoms in total. The average molecular weight is 426 g/mol. The van der Waals surface area contributed by atoms with Crippen LogP contribution >= 0.6 is 11.3 Å². The Labute approximate surface area is 160 Å². The van der Waals surface area contributed by atoms with Crippen LogP contribution in [-0.4, -0.2) is 21.8 Å². The molecule has 3 aromatic rings. The minimum atomic E-state index is -3.73. The van der Waals surface area contributed by atoms with Crippen LogP contribution in [0.2, 0.25) is 0 Å². The Bertz CT molecular complexity index is 1060. The minimum Gasteiger partial charge on any atom is -0.339 e. The summed E-state index contributed by atoms with van der Waals surface area (Å²) < 4.78 is 45.0. The van der Waals surface area contributed by atoms with Crippen molar-refractivity contribution < 1.29 is 16.8 Å². The van der Waals surface area contributed by atoms with E-state index in [1.54, 1.807) is 29.6 Å². The molecule has 3 rings (SSSR count). The van der Waals surface area contributed by atoms with Gasteiger partial charge in [-0.25, -0.2) is 32.1 Å². The SMILES string of the molecule is NS(=O)(=O)c1ccc(Nc2csc(Nc3ccc(S(N)(=O)=O)cc3)n2)cc1. The van der Waals surface area contributed by atoms with Crippen molar-refractivity contribution in [1.82, 2.24) is 4.98 Å². The van der Waals surface area contributed by atoms with E-state index in [2.05, 4.69) is 15.6 Å². The van der Waals surface area contributed by atoms with E-state index >= 15 is 0 Å². The molecular weight excluding hydrogens is 410 g/mol. The molecule has 0 spiro atoms. The summed E-state index contributed by atoms with van der Waals surface area (Å²) in [5.41, 5.74) is 1.30. The summed E-state index contributed by atoms with van der Waals surface area (Å²) in [7, 11) is -7.46. The molecular formula is C15H15N5O4S3. The number of hydrogen-bond acceptors (Lipinski definition) is 8. The lowest BCUT2D eigenvalue weighted by molar-refractivity contribution is 0.596. The largest absolute Gasteiger partial charge is 0.339 e. The molecule has 0 aliphatic heterocycles. The fraction of sp³-hybridized carbons (Fsp3) is 0. The van der Waals surface area contributed by atoms with E-state index in [0.717, 1.165) is 0 Å². The van der Waals surface area contributed by atoms with E-state index in [1.165, 1.54) is 35.6 Å². The molecule has 0 radical (unpaired) electrons. The second kappa shape index (κ2) is 7.25. The van der Waals surface area contributed by atoms with Gasteiger partial charge in [-0.3, -0.25) is 0 Å². The average Bonchev–Trinajstić information content (AvgIpc) is 3.01. The lowest BCUT2D eigenvalue weighted by Gasteiger charge is -2.05. The minimum absolute atomic E-state index is 0.0247. The summed E-state index contributed by atoms with van der Waals surface area (Å²) in [6.45, 7) is 0. The molecule has 1 heterocycles. The smallest absolute Gasteiger partial charge is 0.238 e. The fourth-order valence-corrected chi connectivity index (χ4v) is 3.81. The first-order valence-electron chi connectivity index (χ1n) is 7.36. The van der Waals surface area contributed by atoms with Crippen LogP contribution in [0.4, 0.5) is 22.3 Å². The first-order valence-corrected chi connectivity index (χ1v) is 11.3. The molecule has 0 aliphatic rings. The van der Waals surface area contributed by atoms with Gasteiger partial charge in [0.25, 0.3) is 0 Å². The zero-order valence-electron chi connectivity index (χ0n) is 13.7. The van der Waals surface area contributed by atoms with Gasteiger partial charge in [0, 0.05) is 16.8 Å². The molecule has 0 unspecified atom stereocenters. The van der Waals surface area contributed by atoms with E-state index in [4.69, 9.17) is 10.3 Å². The number of nitrogens with zero attached hydrogens (tertiary/aromatic N) is 1. The summed E-state index contributed by atoms with van der Waals surface area (Å²) in [6.07, 6.45) is 0. The van der Waals surface area contributed by atoms with E-state index in [9.17, 15) is 16.8 Å². The maximum Gasteiger partial charge on any atom is 0.238 e. The van der Waals surface area contributed by atoms with E-state index < -0.39 is 20.0 Å². The van der Waals surface area contributed by atoms with E-state index in [0.29, 0.717) is 22.3 Å². The third kappa shape index (κ3) is 5.02. The van der Waals surface area contributed by atoms with Gasteiger partial charge >= 0.3 is 0 Å². The van der Waals surface area contributed by atoms with Crippen molar-refractivity contribution in [3.05, 3.63) is 53.9 Å². The number of aromatic nitrogens is 1. The molecule has 27 heavy (non-hydrogen) atoms. The van der Waals surface area contributed by atoms with Crippen LogP contribution in [-0.2, 0) is 20.0 Å². The topological polar surface area (TPSA) is 157 Å². The Morgan fingerprint density at radius 3 is 1.63 bits per heavy atom. The van der Waals surface area contributed by atoms with E-state index in [-0.39, 0.29) is 9.79 Å². The highest BCUT2D eigenvalue weighted by Crippen LogP contribution is 2.26. The highest BCUT2D eigenvalue weighted by atomic mass is 32.2. The standard InChI is InChI=1S/C15H15N5O4S3/c16-26(21,22)12-5-1-10(2-6-12)18-14-9-25-15(20-14)19-11-3-7-13(8-4-11)27(17,23)24/h1-9,18H,(H,19,20)(H2,16,21,22)(H2,17,23,24). The Hall–Kier alpha value is -2.51. The summed E-state index contributed by atoms with van der Waals surface area (Å²) in [5.74, 6) is 0.562. The highest BCUT2D eigenvalue weighted by Gasteiger charge is 2.09. The van der Waals surface area contributed by atoms with Crippen molar-refractivity contribution in [2.24, 2.45) is 10.3 Å². The molecule has 0 aliphatic carbocycles. The molecule has 1 aromatic heterocycles. The fourth-order valence-electron chi connectivity index (χ4n) is 2.12. The number of hydrogen-bond donors (Lipinski definition) is 4. The van der Waals surface area contributed by atoms with Gasteiger partial charge in [0.05, 0.1) is 9.79 Å². The van der Waals surface area contributed by atoms with Crippen molar-refractivity contribution in [1.29, 1.82) is 0 Å². The van der Waals surface area contributed by atoms with Gasteiger partial charge in [0.1, 0.15) is 5.82 Å². The highest BCUT2D eigenvalue weighted by molar-refractivity contribution is 7.89. The van der Waals surface area contributed by atoms with E-state index in [1.807, 2.05) is 0 Å². The number of benzene rings is 2. The van der Waals surface area contributed by atoms with Crippen LogP contribution in [0.25, 0.3) is 0 Å². The van der Waals surface area contributed by atoms with Gasteiger partial charge in [-0.1, -0.05) is 0 Å². The third-order valence-corrected chi connectivity index (χ3v) is 6.01. The van der Waals surface area contributed by atoms with Crippen molar-refractivity contribution in [3.8, 4) is 0 Å². The first kappa shape index (κ1) is 19.3. The Morgan fingerprint density at radius 1 is 0.741 bits per heavy atom. The van der Waals surface area contributed by atoms with Crippen LogP contribution in [0.15, 0.2) is 63.7 Å². The number of thiazole rings is 1. The molecule has 0 atom stereocenters. The van der Waals surface area contributed by atoms with Crippen molar-refractivity contribution in [2.45, 2.75) is 9.79 Å². The number of primary sulfonamides is 2. The van der Waals surface area contributed by atoms with Crippen molar-refractivity contribution >= 4 is 53.7 Å². The molecule has 142 valence electrons. The maximum absolute atomic E-state index is 11.3. The third-order valence-electron chi connectivity index (χ3n) is 3.39. The lowest BCUT2D eigenvalue weighted by atomic mass is 10.3. The molecule has 0 fully saturated rings. The summed E-state index contributed by atoms with van der Waals surface area (Å²) >= 11 is 1.34. The van der Waals surface area contributed by atoms with Crippen LogP contribution in [0.5, 0.6) is 0 Å². The first-order chi connectivity index (χ1) is 12.6. The number of sulfonamides is 2. The van der Waals surface area contributed by atoms with Crippen LogP contribution in [0, 0.1) is 0 Å². The Kier molecular flexibility index (Phi) is 5.17. The molecule has 12 heteroatoms. The number of nitrogens with one attached hydrogen (secondary N) is 2. The number of anilines is 4. The van der Waals surface area contributed by atoms with Gasteiger partial charge in [-0.2, -0.15) is 0 Å². The number of rotatable bonds is 6. The summed E-state index contributed by atoms with van der Waals surface area (Å²) in [5, 5.41) is 18.6. The van der Waals surface area contributed by atoms with Gasteiger partial charge in [0.2, 0.25) is 20.0 Å². The molecule has 2 aromatic carbocycles.